The second-order valence-corrected chi connectivity index (χ2v) is 4.25. The Hall–Kier alpha value is -3.14. The first kappa shape index (κ1) is 14.3. The van der Waals surface area contributed by atoms with Crippen LogP contribution in [0, 0.1) is 28.4 Å². The fourth-order valence-corrected chi connectivity index (χ4v) is 1.67. The maximum atomic E-state index is 10.9. The highest BCUT2D eigenvalue weighted by atomic mass is 16.6. The minimum absolute atomic E-state index is 0.0896. The number of ether oxygens (including phenoxy) is 1. The molecule has 0 atom stereocenters. The molecule has 7 nitrogen and oxygen atoms in total. The van der Waals surface area contributed by atoms with Crippen molar-refractivity contribution >= 4 is 11.5 Å². The Labute approximate surface area is 121 Å². The highest BCUT2D eigenvalue weighted by Crippen LogP contribution is 2.28. The van der Waals surface area contributed by atoms with Gasteiger partial charge in [-0.25, -0.2) is 0 Å². The van der Waals surface area contributed by atoms with Gasteiger partial charge in [0.05, 0.1) is 28.7 Å². The first-order valence-electron chi connectivity index (χ1n) is 6.06. The summed E-state index contributed by atoms with van der Waals surface area (Å²) in [6.07, 6.45) is 0. The van der Waals surface area contributed by atoms with Crippen molar-refractivity contribution in [3.05, 3.63) is 51.6 Å². The molecule has 0 aliphatic heterocycles. The summed E-state index contributed by atoms with van der Waals surface area (Å²) in [6.45, 7) is 1.81. The smallest absolute Gasteiger partial charge is 0.278 e. The maximum Gasteiger partial charge on any atom is 0.278 e. The zero-order valence-corrected chi connectivity index (χ0v) is 11.5. The summed E-state index contributed by atoms with van der Waals surface area (Å²) in [4.78, 5) is 14.5. The number of hydrogen-bond acceptors (Lipinski definition) is 6. The van der Waals surface area contributed by atoms with Crippen LogP contribution in [0.25, 0.3) is 0 Å². The van der Waals surface area contributed by atoms with E-state index in [1.807, 2.05) is 13.0 Å². The number of benzene rings is 1. The number of nitrogens with one attached hydrogen (secondary N) is 1. The third-order valence-electron chi connectivity index (χ3n) is 2.79. The van der Waals surface area contributed by atoms with Gasteiger partial charge < -0.3 is 10.1 Å². The van der Waals surface area contributed by atoms with Gasteiger partial charge in [-0.1, -0.05) is 6.07 Å². The Morgan fingerprint density at radius 3 is 2.76 bits per heavy atom. The highest BCUT2D eigenvalue weighted by Gasteiger charge is 2.13. The summed E-state index contributed by atoms with van der Waals surface area (Å²) >= 11 is 0. The molecule has 0 saturated heterocycles. The van der Waals surface area contributed by atoms with Crippen LogP contribution in [-0.4, -0.2) is 17.0 Å². The van der Waals surface area contributed by atoms with E-state index < -0.39 is 4.92 Å². The van der Waals surface area contributed by atoms with E-state index in [0.717, 1.165) is 5.56 Å². The van der Waals surface area contributed by atoms with Gasteiger partial charge >= 0.3 is 0 Å². The summed E-state index contributed by atoms with van der Waals surface area (Å²) < 4.78 is 5.58. The number of hydrogen-bond donors (Lipinski definition) is 1. The minimum Gasteiger partial charge on any atom is -0.438 e. The molecule has 0 radical (unpaired) electrons. The molecule has 0 unspecified atom stereocenters. The lowest BCUT2D eigenvalue weighted by molar-refractivity contribution is -0.384. The molecular weight excluding hydrogens is 272 g/mol. The third-order valence-corrected chi connectivity index (χ3v) is 2.79. The van der Waals surface area contributed by atoms with Crippen LogP contribution < -0.4 is 10.1 Å². The van der Waals surface area contributed by atoms with Gasteiger partial charge in [0.15, 0.2) is 0 Å². The lowest BCUT2D eigenvalue weighted by atomic mass is 10.1. The van der Waals surface area contributed by atoms with Crippen molar-refractivity contribution < 1.29 is 9.66 Å². The predicted molar refractivity (Wildman–Crippen MR) is 76.4 cm³/mol. The zero-order valence-electron chi connectivity index (χ0n) is 11.5. The number of pyridine rings is 1. The Bertz CT molecular complexity index is 737. The van der Waals surface area contributed by atoms with E-state index in [1.165, 1.54) is 12.1 Å². The largest absolute Gasteiger partial charge is 0.438 e. The van der Waals surface area contributed by atoms with E-state index in [4.69, 9.17) is 10.00 Å². The normalized spacial score (nSPS) is 9.76. The van der Waals surface area contributed by atoms with E-state index in [9.17, 15) is 10.1 Å². The summed E-state index contributed by atoms with van der Waals surface area (Å²) in [6, 6.07) is 9.53. The van der Waals surface area contributed by atoms with Gasteiger partial charge in [0.2, 0.25) is 5.88 Å². The van der Waals surface area contributed by atoms with Gasteiger partial charge in [-0.3, -0.25) is 10.1 Å². The van der Waals surface area contributed by atoms with Crippen molar-refractivity contribution in [1.82, 2.24) is 4.98 Å². The van der Waals surface area contributed by atoms with Gasteiger partial charge in [0.25, 0.3) is 5.69 Å². The summed E-state index contributed by atoms with van der Waals surface area (Å²) in [5.41, 5.74) is 1.11. The number of nitriles is 1. The van der Waals surface area contributed by atoms with Gasteiger partial charge in [0, 0.05) is 7.05 Å². The lowest BCUT2D eigenvalue weighted by Gasteiger charge is -2.09. The lowest BCUT2D eigenvalue weighted by Crippen LogP contribution is -1.98. The van der Waals surface area contributed by atoms with Crippen LogP contribution in [0.15, 0.2) is 30.3 Å². The number of aromatic nitrogens is 1. The average Bonchev–Trinajstić information content (AvgIpc) is 2.49. The molecular formula is C14H12N4O3. The SMILES string of the molecule is CNc1cc([N+](=O)[O-])cc(Oc2cc(C#N)ccc2C)n1. The Balaban J connectivity index is 2.41. The molecule has 0 bridgehead atoms. The van der Waals surface area contributed by atoms with Crippen molar-refractivity contribution in [3.8, 4) is 17.7 Å². The molecule has 0 fully saturated rings. The first-order valence-corrected chi connectivity index (χ1v) is 6.06. The number of nitrogens with zero attached hydrogens (tertiary/aromatic N) is 3. The fourth-order valence-electron chi connectivity index (χ4n) is 1.67. The molecule has 106 valence electrons. The first-order chi connectivity index (χ1) is 10.0. The standard InChI is InChI=1S/C14H12N4O3/c1-9-3-4-10(8-15)5-12(9)21-14-7-11(18(19)20)6-13(16-2)17-14/h3-7H,1-2H3,(H,16,17). The van der Waals surface area contributed by atoms with Crippen LogP contribution in [0.2, 0.25) is 0 Å². The molecule has 21 heavy (non-hydrogen) atoms. The summed E-state index contributed by atoms with van der Waals surface area (Å²) in [5.74, 6) is 0.851. The molecule has 0 saturated carbocycles. The van der Waals surface area contributed by atoms with Crippen LogP contribution in [0.3, 0.4) is 0 Å². The maximum absolute atomic E-state index is 10.9. The zero-order chi connectivity index (χ0) is 15.4. The van der Waals surface area contributed by atoms with Crippen molar-refractivity contribution in [3.63, 3.8) is 0 Å². The van der Waals surface area contributed by atoms with Crippen LogP contribution >= 0.6 is 0 Å². The molecule has 0 aliphatic carbocycles. The van der Waals surface area contributed by atoms with Crippen molar-refractivity contribution in [2.75, 3.05) is 12.4 Å². The van der Waals surface area contributed by atoms with E-state index >= 15 is 0 Å². The Kier molecular flexibility index (Phi) is 4.00. The van der Waals surface area contributed by atoms with Gasteiger partial charge in [-0.05, 0) is 24.6 Å². The third kappa shape index (κ3) is 3.25. The monoisotopic (exact) mass is 284 g/mol. The van der Waals surface area contributed by atoms with Crippen LogP contribution in [0.4, 0.5) is 11.5 Å². The Morgan fingerprint density at radius 2 is 2.14 bits per heavy atom. The van der Waals surface area contributed by atoms with Crippen molar-refractivity contribution in [2.24, 2.45) is 0 Å². The molecule has 7 heteroatoms. The molecule has 1 N–H and O–H groups in total. The van der Waals surface area contributed by atoms with Crippen LogP contribution in [0.1, 0.15) is 11.1 Å². The fraction of sp³-hybridized carbons (Fsp3) is 0.143. The number of aryl methyl sites for hydroxylation is 1. The molecule has 0 spiro atoms. The van der Waals surface area contributed by atoms with Gasteiger partial charge in [-0.15, -0.1) is 0 Å². The Morgan fingerprint density at radius 1 is 1.38 bits per heavy atom. The number of nitro groups is 1. The average molecular weight is 284 g/mol. The van der Waals surface area contributed by atoms with Crippen LogP contribution in [-0.2, 0) is 0 Å². The minimum atomic E-state index is -0.520. The quantitative estimate of drug-likeness (QED) is 0.684. The second-order valence-electron chi connectivity index (χ2n) is 4.25. The molecule has 0 amide bonds. The number of rotatable bonds is 4. The van der Waals surface area contributed by atoms with Gasteiger partial charge in [-0.2, -0.15) is 10.2 Å². The summed E-state index contributed by atoms with van der Waals surface area (Å²) in [7, 11) is 1.61. The van der Waals surface area contributed by atoms with E-state index in [2.05, 4.69) is 10.3 Å². The topological polar surface area (TPSA) is 101 Å². The van der Waals surface area contributed by atoms with E-state index in [-0.39, 0.29) is 11.6 Å². The molecule has 2 rings (SSSR count). The van der Waals surface area contributed by atoms with E-state index in [1.54, 1.807) is 25.2 Å². The molecule has 1 heterocycles. The molecule has 1 aromatic heterocycles. The van der Waals surface area contributed by atoms with Crippen LogP contribution in [0.5, 0.6) is 11.6 Å². The van der Waals surface area contributed by atoms with Crippen molar-refractivity contribution in [2.45, 2.75) is 6.92 Å². The molecule has 2 aromatic rings. The predicted octanol–water partition coefficient (Wildman–Crippen LogP) is 3.00. The second kappa shape index (κ2) is 5.88. The summed E-state index contributed by atoms with van der Waals surface area (Å²) in [5, 5.41) is 22.5. The van der Waals surface area contributed by atoms with E-state index in [0.29, 0.717) is 17.1 Å². The highest BCUT2D eigenvalue weighted by molar-refractivity contribution is 5.50. The molecule has 1 aromatic carbocycles. The van der Waals surface area contributed by atoms with Gasteiger partial charge in [0.1, 0.15) is 11.6 Å². The molecule has 0 aliphatic rings. The van der Waals surface area contributed by atoms with Crippen molar-refractivity contribution in [1.29, 1.82) is 5.26 Å². The number of anilines is 1.